The number of hydrogen-bond acceptors (Lipinski definition) is 5. The van der Waals surface area contributed by atoms with Gasteiger partial charge in [-0.2, -0.15) is 0 Å². The van der Waals surface area contributed by atoms with Crippen LogP contribution in [0.15, 0.2) is 48.7 Å². The third-order valence-corrected chi connectivity index (χ3v) is 5.90. The first-order valence-electron chi connectivity index (χ1n) is 10.9. The van der Waals surface area contributed by atoms with Gasteiger partial charge < -0.3 is 24.3 Å². The van der Waals surface area contributed by atoms with E-state index in [0.29, 0.717) is 32.0 Å². The minimum atomic E-state index is -0.0985. The second kappa shape index (κ2) is 9.87. The Morgan fingerprint density at radius 2 is 1.97 bits per heavy atom. The van der Waals surface area contributed by atoms with Crippen LogP contribution < -0.4 is 15.0 Å². The van der Waals surface area contributed by atoms with Gasteiger partial charge in [-0.3, -0.25) is 9.78 Å². The van der Waals surface area contributed by atoms with E-state index < -0.39 is 0 Å². The van der Waals surface area contributed by atoms with Crippen molar-refractivity contribution in [2.75, 3.05) is 38.3 Å². The van der Waals surface area contributed by atoms with Gasteiger partial charge in [0.25, 0.3) is 5.91 Å². The fourth-order valence-corrected chi connectivity index (χ4v) is 4.34. The number of benzene rings is 1. The van der Waals surface area contributed by atoms with Crippen LogP contribution in [-0.2, 0) is 17.8 Å². The Morgan fingerprint density at radius 1 is 1.16 bits per heavy atom. The fourth-order valence-electron chi connectivity index (χ4n) is 4.34. The van der Waals surface area contributed by atoms with E-state index in [2.05, 4.69) is 32.8 Å². The lowest BCUT2D eigenvalue weighted by molar-refractivity contribution is 0.0940. The summed E-state index contributed by atoms with van der Waals surface area (Å²) in [4.78, 5) is 20.0. The van der Waals surface area contributed by atoms with Crippen molar-refractivity contribution in [1.82, 2.24) is 14.9 Å². The zero-order valence-corrected chi connectivity index (χ0v) is 18.9. The van der Waals surface area contributed by atoms with E-state index in [0.717, 1.165) is 47.0 Å². The molecule has 1 aliphatic rings. The maximum atomic E-state index is 13.4. The standard InChI is InChI=1S/C25H30N4O3/c1-18-23(28-11-13-32-14-12-28)19(2)29(17-20-7-6-9-22(15-20)31-3)24(18)25(30)27-16-21-8-4-5-10-26-21/h4-10,15H,11-14,16-17H2,1-3H3,(H,27,30). The summed E-state index contributed by atoms with van der Waals surface area (Å²) in [5.41, 5.74) is 5.78. The summed E-state index contributed by atoms with van der Waals surface area (Å²) in [5, 5.41) is 3.06. The van der Waals surface area contributed by atoms with Crippen LogP contribution in [0.3, 0.4) is 0 Å². The molecule has 4 rings (SSSR count). The lowest BCUT2D eigenvalue weighted by Gasteiger charge is -2.29. The minimum Gasteiger partial charge on any atom is -0.497 e. The summed E-state index contributed by atoms with van der Waals surface area (Å²) in [7, 11) is 1.66. The van der Waals surface area contributed by atoms with Crippen LogP contribution in [0.4, 0.5) is 5.69 Å². The molecule has 1 saturated heterocycles. The summed E-state index contributed by atoms with van der Waals surface area (Å²) in [6.45, 7) is 8.13. The number of nitrogens with zero attached hydrogens (tertiary/aromatic N) is 3. The molecule has 0 radical (unpaired) electrons. The Kier molecular flexibility index (Phi) is 6.75. The van der Waals surface area contributed by atoms with Crippen molar-refractivity contribution >= 4 is 11.6 Å². The summed E-state index contributed by atoms with van der Waals surface area (Å²) >= 11 is 0. The molecule has 1 N–H and O–H groups in total. The van der Waals surface area contributed by atoms with E-state index in [-0.39, 0.29) is 5.91 Å². The largest absolute Gasteiger partial charge is 0.497 e. The molecule has 2 aromatic heterocycles. The van der Waals surface area contributed by atoms with E-state index in [4.69, 9.17) is 9.47 Å². The molecule has 7 heteroatoms. The average molecular weight is 435 g/mol. The van der Waals surface area contributed by atoms with E-state index in [1.54, 1.807) is 13.3 Å². The highest BCUT2D eigenvalue weighted by molar-refractivity contribution is 5.96. The topological polar surface area (TPSA) is 68.6 Å². The minimum absolute atomic E-state index is 0.0985. The first kappa shape index (κ1) is 21.9. The molecular weight excluding hydrogens is 404 g/mol. The first-order chi connectivity index (χ1) is 15.6. The number of aromatic nitrogens is 2. The Hall–Kier alpha value is -3.32. The molecule has 1 fully saturated rings. The van der Waals surface area contributed by atoms with Gasteiger partial charge in [-0.05, 0) is 43.7 Å². The third-order valence-electron chi connectivity index (χ3n) is 5.90. The second-order valence-electron chi connectivity index (χ2n) is 7.95. The van der Waals surface area contributed by atoms with Gasteiger partial charge in [0.15, 0.2) is 0 Å². The van der Waals surface area contributed by atoms with Gasteiger partial charge in [-0.25, -0.2) is 0 Å². The smallest absolute Gasteiger partial charge is 0.268 e. The summed E-state index contributed by atoms with van der Waals surface area (Å²) in [6.07, 6.45) is 1.74. The number of carbonyl (C=O) groups excluding carboxylic acids is 1. The zero-order valence-electron chi connectivity index (χ0n) is 18.9. The van der Waals surface area contributed by atoms with Crippen LogP contribution in [0.25, 0.3) is 0 Å². The van der Waals surface area contributed by atoms with Crippen molar-refractivity contribution in [3.05, 3.63) is 76.9 Å². The summed E-state index contributed by atoms with van der Waals surface area (Å²) < 4.78 is 13.1. The molecule has 1 aliphatic heterocycles. The molecule has 7 nitrogen and oxygen atoms in total. The number of hydrogen-bond donors (Lipinski definition) is 1. The second-order valence-corrected chi connectivity index (χ2v) is 7.95. The number of anilines is 1. The number of morpholine rings is 1. The van der Waals surface area contributed by atoms with Gasteiger partial charge in [-0.1, -0.05) is 18.2 Å². The monoisotopic (exact) mass is 434 g/mol. The van der Waals surface area contributed by atoms with Crippen molar-refractivity contribution in [3.8, 4) is 5.75 Å². The maximum absolute atomic E-state index is 13.4. The zero-order chi connectivity index (χ0) is 22.5. The van der Waals surface area contributed by atoms with Gasteiger partial charge in [0.05, 0.1) is 38.2 Å². The number of carbonyl (C=O) groups is 1. The molecule has 32 heavy (non-hydrogen) atoms. The summed E-state index contributed by atoms with van der Waals surface area (Å²) in [6, 6.07) is 13.7. The number of pyridine rings is 1. The van der Waals surface area contributed by atoms with Gasteiger partial charge >= 0.3 is 0 Å². The molecule has 0 aliphatic carbocycles. The van der Waals surface area contributed by atoms with Crippen LogP contribution in [0.2, 0.25) is 0 Å². The molecule has 0 bridgehead atoms. The van der Waals surface area contributed by atoms with E-state index in [1.165, 1.54) is 0 Å². The Balaban J connectivity index is 1.69. The van der Waals surface area contributed by atoms with Gasteiger partial charge in [-0.15, -0.1) is 0 Å². The molecule has 0 unspecified atom stereocenters. The predicted octanol–water partition coefficient (Wildman–Crippen LogP) is 3.32. The molecule has 0 spiro atoms. The molecule has 3 aromatic rings. The van der Waals surface area contributed by atoms with Crippen molar-refractivity contribution in [2.24, 2.45) is 0 Å². The Bertz CT molecular complexity index is 1070. The van der Waals surface area contributed by atoms with E-state index in [9.17, 15) is 4.79 Å². The molecule has 0 atom stereocenters. The highest BCUT2D eigenvalue weighted by Crippen LogP contribution is 2.32. The van der Waals surface area contributed by atoms with Crippen molar-refractivity contribution < 1.29 is 14.3 Å². The third kappa shape index (κ3) is 4.62. The molecule has 168 valence electrons. The first-order valence-corrected chi connectivity index (χ1v) is 10.9. The predicted molar refractivity (Wildman–Crippen MR) is 124 cm³/mol. The SMILES string of the molecule is COc1cccc(Cn2c(C)c(N3CCOCC3)c(C)c2C(=O)NCc2ccccn2)c1. The van der Waals surface area contributed by atoms with Crippen molar-refractivity contribution in [2.45, 2.75) is 26.9 Å². The number of rotatable bonds is 7. The highest BCUT2D eigenvalue weighted by Gasteiger charge is 2.27. The number of nitrogens with one attached hydrogen (secondary N) is 1. The Labute approximate surface area is 189 Å². The number of ether oxygens (including phenoxy) is 2. The molecule has 3 heterocycles. The molecular formula is C25H30N4O3. The van der Waals surface area contributed by atoms with Crippen molar-refractivity contribution in [1.29, 1.82) is 0 Å². The van der Waals surface area contributed by atoms with Crippen LogP contribution >= 0.6 is 0 Å². The van der Waals surface area contributed by atoms with Gasteiger partial charge in [0, 0.05) is 37.1 Å². The van der Waals surface area contributed by atoms with E-state index >= 15 is 0 Å². The molecule has 0 saturated carbocycles. The summed E-state index contributed by atoms with van der Waals surface area (Å²) in [5.74, 6) is 0.706. The van der Waals surface area contributed by atoms with Gasteiger partial charge in [0.1, 0.15) is 11.4 Å². The van der Waals surface area contributed by atoms with Crippen LogP contribution in [-0.4, -0.2) is 48.9 Å². The van der Waals surface area contributed by atoms with Crippen LogP contribution in [0.1, 0.15) is 33.0 Å². The lowest BCUT2D eigenvalue weighted by atomic mass is 10.1. The number of methoxy groups -OCH3 is 1. The average Bonchev–Trinajstić information content (AvgIpc) is 3.08. The quantitative estimate of drug-likeness (QED) is 0.618. The lowest BCUT2D eigenvalue weighted by Crippen LogP contribution is -2.36. The van der Waals surface area contributed by atoms with Gasteiger partial charge in [0.2, 0.25) is 0 Å². The fraction of sp³-hybridized carbons (Fsp3) is 0.360. The number of amides is 1. The van der Waals surface area contributed by atoms with Crippen molar-refractivity contribution in [3.63, 3.8) is 0 Å². The molecule has 1 aromatic carbocycles. The highest BCUT2D eigenvalue weighted by atomic mass is 16.5. The molecule has 1 amide bonds. The van der Waals surface area contributed by atoms with Crippen LogP contribution in [0, 0.1) is 13.8 Å². The maximum Gasteiger partial charge on any atom is 0.268 e. The normalized spacial score (nSPS) is 13.8. The Morgan fingerprint density at radius 3 is 2.69 bits per heavy atom. The van der Waals surface area contributed by atoms with E-state index in [1.807, 2.05) is 43.3 Å². The van der Waals surface area contributed by atoms with Crippen LogP contribution in [0.5, 0.6) is 5.75 Å².